The van der Waals surface area contributed by atoms with E-state index >= 15 is 0 Å². The van der Waals surface area contributed by atoms with E-state index in [2.05, 4.69) is 66.5 Å². The lowest BCUT2D eigenvalue weighted by molar-refractivity contribution is 0.0898. The van der Waals surface area contributed by atoms with Crippen LogP contribution in [0.4, 0.5) is 0 Å². The van der Waals surface area contributed by atoms with Crippen LogP contribution in [0.3, 0.4) is 0 Å². The van der Waals surface area contributed by atoms with Crippen LogP contribution in [0, 0.1) is 0 Å². The average Bonchev–Trinajstić information content (AvgIpc) is 3.63. The van der Waals surface area contributed by atoms with Crippen LogP contribution in [0.5, 0.6) is 23.0 Å². The van der Waals surface area contributed by atoms with Gasteiger partial charge in [-0.1, -0.05) is 56.0 Å². The van der Waals surface area contributed by atoms with Crippen molar-refractivity contribution in [3.63, 3.8) is 0 Å². The van der Waals surface area contributed by atoms with Crippen LogP contribution in [0.1, 0.15) is 0 Å². The number of H-pyrrole nitrogens is 1. The molecule has 2 aromatic heterocycles. The Morgan fingerprint density at radius 1 is 0.738 bits per heavy atom. The molecule has 10 heteroatoms. The molecule has 0 saturated carbocycles. The number of aromatic amines is 1. The molecule has 0 bridgehead atoms. The molecule has 0 unspecified atom stereocenters. The first kappa shape index (κ1) is 30.0. The Balaban J connectivity index is 0.000000180. The maximum absolute atomic E-state index is 6.05. The van der Waals surface area contributed by atoms with E-state index < -0.39 is 8.07 Å². The number of nitrogens with zero attached hydrogens (tertiary/aromatic N) is 3. The Morgan fingerprint density at radius 2 is 1.33 bits per heavy atom. The fraction of sp³-hybridized carbons (Fsp3) is 0.188. The smallest absolute Gasteiger partial charge is 0.169 e. The van der Waals surface area contributed by atoms with Gasteiger partial charge in [-0.3, -0.25) is 0 Å². The SMILES string of the molecule is Brc1ccc2[nH]cnc2c1Oc1ccccc1.C[Si](C)(C)CCOCn1cnc2c(Oc3ccccc3)c(Br)ccc21. The highest BCUT2D eigenvalue weighted by Crippen LogP contribution is 2.37. The summed E-state index contributed by atoms with van der Waals surface area (Å²) in [7, 11) is -1.07. The van der Waals surface area contributed by atoms with Crippen LogP contribution >= 0.6 is 31.9 Å². The van der Waals surface area contributed by atoms with Gasteiger partial charge in [0.15, 0.2) is 11.5 Å². The topological polar surface area (TPSA) is 74.2 Å². The van der Waals surface area contributed by atoms with Gasteiger partial charge in [0.2, 0.25) is 0 Å². The van der Waals surface area contributed by atoms with Gasteiger partial charge in [0.05, 0.1) is 32.6 Å². The number of nitrogens with one attached hydrogen (secondary N) is 1. The van der Waals surface area contributed by atoms with Gasteiger partial charge in [0, 0.05) is 14.7 Å². The second-order valence-electron chi connectivity index (χ2n) is 10.8. The second-order valence-corrected chi connectivity index (χ2v) is 18.1. The summed E-state index contributed by atoms with van der Waals surface area (Å²) in [5.74, 6) is 3.04. The molecule has 0 aliphatic carbocycles. The Hall–Kier alpha value is -3.44. The minimum atomic E-state index is -1.07. The molecule has 6 rings (SSSR count). The first-order chi connectivity index (χ1) is 20.3. The van der Waals surface area contributed by atoms with Crippen molar-refractivity contribution >= 4 is 62.0 Å². The van der Waals surface area contributed by atoms with Crippen molar-refractivity contribution in [2.45, 2.75) is 32.4 Å². The van der Waals surface area contributed by atoms with Gasteiger partial charge < -0.3 is 23.8 Å². The largest absolute Gasteiger partial charge is 0.454 e. The molecule has 0 aliphatic heterocycles. The molecule has 7 nitrogen and oxygen atoms in total. The lowest BCUT2D eigenvalue weighted by atomic mass is 10.3. The lowest BCUT2D eigenvalue weighted by Gasteiger charge is -2.15. The zero-order valence-corrected chi connectivity index (χ0v) is 27.9. The van der Waals surface area contributed by atoms with E-state index in [9.17, 15) is 0 Å². The fourth-order valence-electron chi connectivity index (χ4n) is 4.09. The monoisotopic (exact) mass is 706 g/mol. The molecule has 1 N–H and O–H groups in total. The van der Waals surface area contributed by atoms with E-state index in [0.717, 1.165) is 66.7 Å². The number of rotatable bonds is 9. The van der Waals surface area contributed by atoms with Crippen LogP contribution < -0.4 is 9.47 Å². The third kappa shape index (κ3) is 7.68. The molecule has 0 radical (unpaired) electrons. The number of fused-ring (bicyclic) bond motifs is 2. The minimum absolute atomic E-state index is 0.507. The Bertz CT molecular complexity index is 1750. The number of imidazole rings is 2. The zero-order chi connectivity index (χ0) is 29.5. The van der Waals surface area contributed by atoms with E-state index in [-0.39, 0.29) is 0 Å². The lowest BCUT2D eigenvalue weighted by Crippen LogP contribution is -2.21. The van der Waals surface area contributed by atoms with Gasteiger partial charge in [-0.05, 0) is 86.4 Å². The number of benzene rings is 4. The highest BCUT2D eigenvalue weighted by molar-refractivity contribution is 9.11. The Kier molecular flexibility index (Phi) is 9.79. The maximum atomic E-state index is 6.05. The normalized spacial score (nSPS) is 11.4. The summed E-state index contributed by atoms with van der Waals surface area (Å²) in [6.07, 6.45) is 3.47. The van der Waals surface area contributed by atoms with E-state index in [4.69, 9.17) is 14.2 Å². The molecule has 2 heterocycles. The van der Waals surface area contributed by atoms with Crippen molar-refractivity contribution in [2.75, 3.05) is 6.61 Å². The first-order valence-corrected chi connectivity index (χ1v) is 18.9. The van der Waals surface area contributed by atoms with Gasteiger partial charge in [-0.25, -0.2) is 9.97 Å². The van der Waals surface area contributed by atoms with Crippen LogP contribution in [0.25, 0.3) is 22.1 Å². The molecule has 6 aromatic rings. The van der Waals surface area contributed by atoms with Crippen molar-refractivity contribution in [1.82, 2.24) is 19.5 Å². The van der Waals surface area contributed by atoms with Crippen LogP contribution in [-0.2, 0) is 11.5 Å². The summed E-state index contributed by atoms with van der Waals surface area (Å²) < 4.78 is 21.5. The van der Waals surface area contributed by atoms with E-state index in [1.54, 1.807) is 6.33 Å². The van der Waals surface area contributed by atoms with Crippen molar-refractivity contribution in [3.8, 4) is 23.0 Å². The highest BCUT2D eigenvalue weighted by atomic mass is 79.9. The maximum Gasteiger partial charge on any atom is 0.169 e. The molecule has 0 atom stereocenters. The zero-order valence-electron chi connectivity index (χ0n) is 23.7. The van der Waals surface area contributed by atoms with E-state index in [0.29, 0.717) is 6.73 Å². The molecule has 4 aromatic carbocycles. The summed E-state index contributed by atoms with van der Waals surface area (Å²) in [5.41, 5.74) is 3.61. The Morgan fingerprint density at radius 3 is 1.95 bits per heavy atom. The van der Waals surface area contributed by atoms with Crippen LogP contribution in [0.2, 0.25) is 25.7 Å². The summed E-state index contributed by atoms with van der Waals surface area (Å²) in [6.45, 7) is 8.36. The van der Waals surface area contributed by atoms with Crippen LogP contribution in [-0.4, -0.2) is 34.2 Å². The second kappa shape index (κ2) is 13.7. The first-order valence-electron chi connectivity index (χ1n) is 13.6. The molecule has 0 saturated heterocycles. The fourth-order valence-corrected chi connectivity index (χ4v) is 5.65. The molecule has 0 amide bonds. The van der Waals surface area contributed by atoms with Gasteiger partial charge in [-0.2, -0.15) is 0 Å². The van der Waals surface area contributed by atoms with Gasteiger partial charge in [-0.15, -0.1) is 0 Å². The molecule has 0 spiro atoms. The van der Waals surface area contributed by atoms with Crippen molar-refractivity contribution in [1.29, 1.82) is 0 Å². The van der Waals surface area contributed by atoms with Crippen LogP contribution in [0.15, 0.2) is 107 Å². The Labute approximate surface area is 263 Å². The molecule has 0 aliphatic rings. The molecule has 42 heavy (non-hydrogen) atoms. The van der Waals surface area contributed by atoms with Gasteiger partial charge in [0.1, 0.15) is 29.3 Å². The van der Waals surface area contributed by atoms with Crippen molar-refractivity contribution in [3.05, 3.63) is 107 Å². The van der Waals surface area contributed by atoms with E-state index in [1.165, 1.54) is 0 Å². The predicted molar refractivity (Wildman–Crippen MR) is 178 cm³/mol. The number of ether oxygens (including phenoxy) is 3. The number of halogens is 2. The number of para-hydroxylation sites is 2. The van der Waals surface area contributed by atoms with E-state index in [1.807, 2.05) is 95.8 Å². The molecular weight excluding hydrogens is 676 g/mol. The number of aromatic nitrogens is 4. The number of hydrogen-bond donors (Lipinski definition) is 1. The molecular formula is C32H32Br2N4O3Si. The molecule has 216 valence electrons. The quantitative estimate of drug-likeness (QED) is 0.120. The van der Waals surface area contributed by atoms with Crippen molar-refractivity contribution < 1.29 is 14.2 Å². The van der Waals surface area contributed by atoms with Crippen molar-refractivity contribution in [2.24, 2.45) is 0 Å². The van der Waals surface area contributed by atoms with Gasteiger partial charge >= 0.3 is 0 Å². The highest BCUT2D eigenvalue weighted by Gasteiger charge is 2.15. The summed E-state index contributed by atoms with van der Waals surface area (Å²) in [6, 6.07) is 28.5. The third-order valence-electron chi connectivity index (χ3n) is 6.35. The molecule has 0 fully saturated rings. The summed E-state index contributed by atoms with van der Waals surface area (Å²) >= 11 is 7.05. The summed E-state index contributed by atoms with van der Waals surface area (Å²) in [5, 5.41) is 0. The summed E-state index contributed by atoms with van der Waals surface area (Å²) in [4.78, 5) is 11.9. The predicted octanol–water partition coefficient (Wildman–Crippen LogP) is 10.0. The average molecular weight is 709 g/mol. The van der Waals surface area contributed by atoms with Gasteiger partial charge in [0.25, 0.3) is 0 Å². The number of hydrogen-bond acceptors (Lipinski definition) is 5. The standard InChI is InChI=1S/C19H23BrN2O2Si.C13H9BrN2O/c1-25(2,3)12-11-23-14-22-13-21-18-17(22)10-9-16(20)19(18)24-15-7-5-4-6-8-15;14-10-6-7-11-12(16-8-15-11)13(10)17-9-4-2-1-3-5-9/h4-10,13H,11-12,14H2,1-3H3;1-8H,(H,15,16). The third-order valence-corrected chi connectivity index (χ3v) is 9.30. The minimum Gasteiger partial charge on any atom is -0.454 e.